The monoisotopic (exact) mass is 287 g/mol. The number of nitrogens with zero attached hydrogens (tertiary/aromatic N) is 1. The number of methoxy groups -OCH3 is 1. The van der Waals surface area contributed by atoms with Gasteiger partial charge in [-0.15, -0.1) is 11.3 Å². The summed E-state index contributed by atoms with van der Waals surface area (Å²) in [5.41, 5.74) is 0.706. The van der Waals surface area contributed by atoms with Crippen molar-refractivity contribution in [2.24, 2.45) is 0 Å². The van der Waals surface area contributed by atoms with E-state index in [0.29, 0.717) is 22.2 Å². The Kier molecular flexibility index (Phi) is 4.15. The summed E-state index contributed by atoms with van der Waals surface area (Å²) >= 11 is 7.35. The highest BCUT2D eigenvalue weighted by molar-refractivity contribution is 7.86. The molecule has 0 amide bonds. The summed E-state index contributed by atoms with van der Waals surface area (Å²) in [6.45, 7) is 0. The van der Waals surface area contributed by atoms with E-state index in [9.17, 15) is 4.21 Å². The van der Waals surface area contributed by atoms with Crippen molar-refractivity contribution in [1.29, 1.82) is 0 Å². The van der Waals surface area contributed by atoms with Crippen LogP contribution in [0.2, 0.25) is 5.02 Å². The van der Waals surface area contributed by atoms with Crippen molar-refractivity contribution in [2.45, 2.75) is 9.96 Å². The number of hydrogen-bond acceptors (Lipinski definition) is 4. The summed E-state index contributed by atoms with van der Waals surface area (Å²) in [6, 6.07) is 5.45. The maximum Gasteiger partial charge on any atom is 0.140 e. The van der Waals surface area contributed by atoms with Gasteiger partial charge >= 0.3 is 0 Å². The van der Waals surface area contributed by atoms with Gasteiger partial charge in [-0.05, 0) is 11.4 Å². The van der Waals surface area contributed by atoms with E-state index >= 15 is 0 Å². The topological polar surface area (TPSA) is 39.2 Å². The molecule has 0 aliphatic rings. The summed E-state index contributed by atoms with van der Waals surface area (Å²) in [4.78, 5) is 4.14. The number of halogens is 1. The molecule has 0 aromatic carbocycles. The van der Waals surface area contributed by atoms with E-state index in [-0.39, 0.29) is 0 Å². The second kappa shape index (κ2) is 5.62. The van der Waals surface area contributed by atoms with Crippen molar-refractivity contribution < 1.29 is 8.95 Å². The molecule has 0 saturated carbocycles. The van der Waals surface area contributed by atoms with E-state index in [1.54, 1.807) is 13.2 Å². The highest BCUT2D eigenvalue weighted by atomic mass is 35.5. The van der Waals surface area contributed by atoms with Crippen LogP contribution in [0.4, 0.5) is 0 Å². The van der Waals surface area contributed by atoms with Crippen LogP contribution in [-0.4, -0.2) is 16.3 Å². The van der Waals surface area contributed by atoms with Gasteiger partial charge < -0.3 is 4.74 Å². The summed E-state index contributed by atoms with van der Waals surface area (Å²) in [7, 11) is 0.480. The number of aromatic nitrogens is 1. The first kappa shape index (κ1) is 12.5. The second-order valence-corrected chi connectivity index (χ2v) is 6.26. The summed E-state index contributed by atoms with van der Waals surface area (Å²) in [5.74, 6) is 0.925. The zero-order valence-corrected chi connectivity index (χ0v) is 11.4. The standard InChI is InChI=1S/C11H10ClNO2S2/c1-15-10-5-8(13-6-9(10)12)7-17(14)11-3-2-4-16-11/h2-6H,7H2,1H3. The molecule has 0 radical (unpaired) electrons. The van der Waals surface area contributed by atoms with Gasteiger partial charge in [0.15, 0.2) is 0 Å². The van der Waals surface area contributed by atoms with Crippen LogP contribution in [-0.2, 0) is 16.6 Å². The summed E-state index contributed by atoms with van der Waals surface area (Å²) in [6.07, 6.45) is 1.52. The molecule has 1 unspecified atom stereocenters. The quantitative estimate of drug-likeness (QED) is 0.867. The van der Waals surface area contributed by atoms with E-state index < -0.39 is 10.8 Å². The molecule has 0 fully saturated rings. The van der Waals surface area contributed by atoms with Gasteiger partial charge in [0.05, 0.1) is 33.6 Å². The molecule has 17 heavy (non-hydrogen) atoms. The molecule has 0 aliphatic heterocycles. The molecule has 0 N–H and O–H groups in total. The maximum atomic E-state index is 12.0. The van der Waals surface area contributed by atoms with E-state index in [4.69, 9.17) is 16.3 Å². The third kappa shape index (κ3) is 3.06. The smallest absolute Gasteiger partial charge is 0.140 e. The van der Waals surface area contributed by atoms with Gasteiger partial charge in [0.2, 0.25) is 0 Å². The lowest BCUT2D eigenvalue weighted by atomic mass is 10.3. The highest BCUT2D eigenvalue weighted by Crippen LogP contribution is 2.25. The molecule has 0 spiro atoms. The predicted molar refractivity (Wildman–Crippen MR) is 70.2 cm³/mol. The molecular formula is C11H10ClNO2S2. The lowest BCUT2D eigenvalue weighted by Gasteiger charge is -2.05. The molecular weight excluding hydrogens is 278 g/mol. The molecule has 2 aromatic heterocycles. The van der Waals surface area contributed by atoms with Crippen LogP contribution >= 0.6 is 22.9 Å². The Morgan fingerprint density at radius 3 is 3.06 bits per heavy atom. The minimum absolute atomic E-state index is 0.369. The molecule has 2 aromatic rings. The maximum absolute atomic E-state index is 12.0. The Morgan fingerprint density at radius 2 is 2.41 bits per heavy atom. The van der Waals surface area contributed by atoms with Gasteiger partial charge in [-0.25, -0.2) is 0 Å². The Morgan fingerprint density at radius 1 is 1.59 bits per heavy atom. The first-order valence-electron chi connectivity index (χ1n) is 4.81. The third-order valence-corrected chi connectivity index (χ3v) is 5.03. The fourth-order valence-electron chi connectivity index (χ4n) is 1.29. The number of pyridine rings is 1. The molecule has 3 nitrogen and oxygen atoms in total. The molecule has 1 atom stereocenters. The lowest BCUT2D eigenvalue weighted by Crippen LogP contribution is -1.98. The van der Waals surface area contributed by atoms with Gasteiger partial charge in [-0.3, -0.25) is 9.19 Å². The van der Waals surface area contributed by atoms with E-state index in [1.165, 1.54) is 17.5 Å². The molecule has 2 heterocycles. The fourth-order valence-corrected chi connectivity index (χ4v) is 3.50. The van der Waals surface area contributed by atoms with Crippen molar-refractivity contribution in [2.75, 3.05) is 7.11 Å². The van der Waals surface area contributed by atoms with Crippen LogP contribution in [0.1, 0.15) is 5.69 Å². The lowest BCUT2D eigenvalue weighted by molar-refractivity contribution is 0.414. The Bertz CT molecular complexity index is 528. The van der Waals surface area contributed by atoms with Gasteiger partial charge in [0, 0.05) is 12.3 Å². The van der Waals surface area contributed by atoms with Gasteiger partial charge in [-0.2, -0.15) is 0 Å². The first-order chi connectivity index (χ1) is 8.20. The summed E-state index contributed by atoms with van der Waals surface area (Å²) < 4.78 is 17.9. The van der Waals surface area contributed by atoms with Crippen molar-refractivity contribution in [3.63, 3.8) is 0 Å². The largest absolute Gasteiger partial charge is 0.495 e. The number of rotatable bonds is 4. The van der Waals surface area contributed by atoms with Crippen LogP contribution in [0.15, 0.2) is 34.0 Å². The fraction of sp³-hybridized carbons (Fsp3) is 0.182. The Balaban J connectivity index is 2.16. The van der Waals surface area contributed by atoms with Crippen molar-refractivity contribution >= 4 is 33.7 Å². The number of hydrogen-bond donors (Lipinski definition) is 0. The second-order valence-electron chi connectivity index (χ2n) is 3.23. The van der Waals surface area contributed by atoms with E-state index in [2.05, 4.69) is 4.98 Å². The molecule has 6 heteroatoms. The van der Waals surface area contributed by atoms with Crippen molar-refractivity contribution in [3.8, 4) is 5.75 Å². The molecule has 0 saturated heterocycles. The minimum Gasteiger partial charge on any atom is -0.495 e. The van der Waals surface area contributed by atoms with Crippen LogP contribution in [0, 0.1) is 0 Å². The average Bonchev–Trinajstić information content (AvgIpc) is 2.85. The molecule has 90 valence electrons. The average molecular weight is 288 g/mol. The normalized spacial score (nSPS) is 12.4. The highest BCUT2D eigenvalue weighted by Gasteiger charge is 2.09. The van der Waals surface area contributed by atoms with E-state index in [1.807, 2.05) is 17.5 Å². The van der Waals surface area contributed by atoms with Crippen molar-refractivity contribution in [1.82, 2.24) is 4.98 Å². The van der Waals surface area contributed by atoms with Gasteiger partial charge in [0.25, 0.3) is 0 Å². The van der Waals surface area contributed by atoms with Gasteiger partial charge in [0.1, 0.15) is 10.8 Å². The minimum atomic E-state index is -1.06. The van der Waals surface area contributed by atoms with Crippen LogP contribution in [0.3, 0.4) is 0 Å². The number of thiophene rings is 1. The molecule has 0 bridgehead atoms. The predicted octanol–water partition coefficient (Wildman–Crippen LogP) is 3.11. The van der Waals surface area contributed by atoms with Crippen molar-refractivity contribution in [3.05, 3.63) is 40.5 Å². The summed E-state index contributed by atoms with van der Waals surface area (Å²) in [5, 5.41) is 2.36. The SMILES string of the molecule is COc1cc(CS(=O)c2cccs2)ncc1Cl. The number of ether oxygens (including phenoxy) is 1. The zero-order valence-electron chi connectivity index (χ0n) is 9.05. The van der Waals surface area contributed by atoms with Gasteiger partial charge in [-0.1, -0.05) is 17.7 Å². The third-order valence-electron chi connectivity index (χ3n) is 2.10. The zero-order chi connectivity index (χ0) is 12.3. The molecule has 0 aliphatic carbocycles. The van der Waals surface area contributed by atoms with Crippen LogP contribution in [0.5, 0.6) is 5.75 Å². The first-order valence-corrected chi connectivity index (χ1v) is 7.38. The van der Waals surface area contributed by atoms with Crippen LogP contribution < -0.4 is 4.74 Å². The Hall–Kier alpha value is -0.910. The van der Waals surface area contributed by atoms with E-state index in [0.717, 1.165) is 4.21 Å². The molecule has 2 rings (SSSR count). The van der Waals surface area contributed by atoms with Crippen LogP contribution in [0.25, 0.3) is 0 Å². The Labute approximate surface area is 111 Å².